The topological polar surface area (TPSA) is 50.0 Å². The molecule has 2 aliphatic rings. The number of halogens is 1. The average molecular weight is 537 g/mol. The highest BCUT2D eigenvalue weighted by atomic mass is 32.1. The summed E-state index contributed by atoms with van der Waals surface area (Å²) in [6.07, 6.45) is 4.27. The van der Waals surface area contributed by atoms with Gasteiger partial charge in [0.1, 0.15) is 11.7 Å². The van der Waals surface area contributed by atoms with Crippen LogP contribution in [0.25, 0.3) is 15.6 Å². The molecule has 6 rings (SSSR count). The Morgan fingerprint density at radius 1 is 1.08 bits per heavy atom. The van der Waals surface area contributed by atoms with Crippen molar-refractivity contribution in [2.75, 3.05) is 16.4 Å². The van der Waals surface area contributed by atoms with Gasteiger partial charge < -0.3 is 14.5 Å². The van der Waals surface area contributed by atoms with E-state index in [0.717, 1.165) is 17.4 Å². The maximum Gasteiger partial charge on any atom is 0.272 e. The first-order chi connectivity index (χ1) is 18.9. The molecular formula is C31H25FN4O2S. The molecule has 194 valence electrons. The number of aromatic nitrogens is 1. The maximum absolute atomic E-state index is 15.3. The number of anilines is 2. The first kappa shape index (κ1) is 25.0. The van der Waals surface area contributed by atoms with E-state index in [1.54, 1.807) is 30.0 Å². The van der Waals surface area contributed by atoms with Crippen LogP contribution in [0.2, 0.25) is 0 Å². The first-order valence-corrected chi connectivity index (χ1v) is 13.2. The molecule has 0 unspecified atom stereocenters. The summed E-state index contributed by atoms with van der Waals surface area (Å²) in [6, 6.07) is 20.9. The number of amides is 1. The lowest BCUT2D eigenvalue weighted by atomic mass is 9.75. The van der Waals surface area contributed by atoms with E-state index in [0.29, 0.717) is 42.8 Å². The fourth-order valence-electron chi connectivity index (χ4n) is 5.42. The molecule has 0 atom stereocenters. The lowest BCUT2D eigenvalue weighted by molar-refractivity contribution is -0.123. The van der Waals surface area contributed by atoms with Crippen molar-refractivity contribution in [3.05, 3.63) is 101 Å². The fraction of sp³-hybridized carbons (Fsp3) is 0.226. The summed E-state index contributed by atoms with van der Waals surface area (Å²) in [4.78, 5) is 24.5. The van der Waals surface area contributed by atoms with Gasteiger partial charge in [-0.05, 0) is 78.5 Å². The zero-order chi connectivity index (χ0) is 27.1. The quantitative estimate of drug-likeness (QED) is 0.198. The molecule has 2 heterocycles. The van der Waals surface area contributed by atoms with Crippen molar-refractivity contribution in [1.82, 2.24) is 4.98 Å². The highest BCUT2D eigenvalue weighted by Crippen LogP contribution is 2.48. The van der Waals surface area contributed by atoms with Crippen molar-refractivity contribution >= 4 is 51.2 Å². The van der Waals surface area contributed by atoms with Crippen LogP contribution in [0, 0.1) is 19.3 Å². The minimum atomic E-state index is -0.839. The number of benzene rings is 3. The number of fused-ring (bicyclic) bond motifs is 1. The normalized spacial score (nSPS) is 16.0. The van der Waals surface area contributed by atoms with Gasteiger partial charge in [0.15, 0.2) is 16.7 Å². The van der Waals surface area contributed by atoms with Crippen LogP contribution < -0.4 is 14.5 Å². The third-order valence-electron chi connectivity index (χ3n) is 7.63. The highest BCUT2D eigenvalue weighted by molar-refractivity contribution is 7.81. The van der Waals surface area contributed by atoms with Gasteiger partial charge in [-0.15, -0.1) is 4.98 Å². The molecule has 2 fully saturated rings. The number of pyridine rings is 1. The number of nitrogens with zero attached hydrogens (tertiary/aromatic N) is 4. The second-order valence-electron chi connectivity index (χ2n) is 9.98. The number of hydrogen-bond acceptors (Lipinski definition) is 4. The van der Waals surface area contributed by atoms with Gasteiger partial charge in [0.05, 0.1) is 12.3 Å². The summed E-state index contributed by atoms with van der Waals surface area (Å²) in [5.74, 6) is -0.213. The third-order valence-corrected chi connectivity index (χ3v) is 7.99. The van der Waals surface area contributed by atoms with Crippen molar-refractivity contribution in [3.8, 4) is 5.75 Å². The predicted molar refractivity (Wildman–Crippen MR) is 154 cm³/mol. The van der Waals surface area contributed by atoms with E-state index >= 15 is 4.39 Å². The van der Waals surface area contributed by atoms with Crippen LogP contribution in [-0.4, -0.2) is 28.1 Å². The van der Waals surface area contributed by atoms with Crippen molar-refractivity contribution in [2.45, 2.75) is 38.1 Å². The van der Waals surface area contributed by atoms with Gasteiger partial charge in [-0.25, -0.2) is 4.39 Å². The number of rotatable bonds is 6. The van der Waals surface area contributed by atoms with Gasteiger partial charge in [-0.1, -0.05) is 49.0 Å². The minimum Gasteiger partial charge on any atom is -0.490 e. The zero-order valence-electron chi connectivity index (χ0n) is 21.4. The standard InChI is InChI=1S/C31H25FN4O2S/c1-20-16-25(19-34-28(20)33-2)35-29(37)31(13-5-14-31)36(30(35)39)24-10-11-27(26(32)18-24)38-15-12-21-8-9-22-6-3-4-7-23(22)17-21/h3-4,6-11,16-19H,5,12-15H2,1H3. The Hall–Kier alpha value is -4.35. The Labute approximate surface area is 231 Å². The van der Waals surface area contributed by atoms with Crippen LogP contribution in [0.15, 0.2) is 72.9 Å². The van der Waals surface area contributed by atoms with Gasteiger partial charge in [0.25, 0.3) is 11.7 Å². The summed E-state index contributed by atoms with van der Waals surface area (Å²) >= 11 is 5.78. The van der Waals surface area contributed by atoms with E-state index in [-0.39, 0.29) is 22.6 Å². The Morgan fingerprint density at radius 3 is 2.56 bits per heavy atom. The summed E-state index contributed by atoms with van der Waals surface area (Å²) in [5, 5.41) is 2.62. The molecule has 0 bridgehead atoms. The van der Waals surface area contributed by atoms with Crippen LogP contribution in [0.4, 0.5) is 21.6 Å². The maximum atomic E-state index is 15.3. The molecule has 1 saturated heterocycles. The molecule has 3 aromatic carbocycles. The molecule has 6 nitrogen and oxygen atoms in total. The fourth-order valence-corrected chi connectivity index (χ4v) is 5.89. The summed E-state index contributed by atoms with van der Waals surface area (Å²) in [6.45, 7) is 9.35. The van der Waals surface area contributed by atoms with Crippen LogP contribution >= 0.6 is 12.2 Å². The van der Waals surface area contributed by atoms with Crippen molar-refractivity contribution in [2.24, 2.45) is 0 Å². The van der Waals surface area contributed by atoms with Crippen molar-refractivity contribution < 1.29 is 13.9 Å². The number of carbonyl (C=O) groups is 1. The summed E-state index contributed by atoms with van der Waals surface area (Å²) < 4.78 is 21.1. The number of ether oxygens (including phenoxy) is 1. The molecule has 1 aliphatic carbocycles. The number of thiocarbonyl (C=S) groups is 1. The van der Waals surface area contributed by atoms with Crippen LogP contribution in [-0.2, 0) is 11.2 Å². The van der Waals surface area contributed by atoms with Crippen molar-refractivity contribution in [3.63, 3.8) is 0 Å². The smallest absolute Gasteiger partial charge is 0.272 e. The molecule has 1 aromatic heterocycles. The highest BCUT2D eigenvalue weighted by Gasteiger charge is 2.59. The van der Waals surface area contributed by atoms with E-state index in [4.69, 9.17) is 23.5 Å². The second-order valence-corrected chi connectivity index (χ2v) is 10.3. The Morgan fingerprint density at radius 2 is 1.87 bits per heavy atom. The number of aryl methyl sites for hydroxylation is 1. The summed E-state index contributed by atoms with van der Waals surface area (Å²) in [7, 11) is 0. The SMILES string of the molecule is [C-]#[N+]c1ncc(N2C(=O)C3(CCC3)N(c3ccc(OCCc4ccc5ccccc5c4)c(F)c3)C2=S)cc1C. The lowest BCUT2D eigenvalue weighted by Gasteiger charge is -2.43. The Balaban J connectivity index is 1.21. The summed E-state index contributed by atoms with van der Waals surface area (Å²) in [5.41, 5.74) is 1.97. The molecule has 39 heavy (non-hydrogen) atoms. The first-order valence-electron chi connectivity index (χ1n) is 12.8. The molecule has 4 aromatic rings. The van der Waals surface area contributed by atoms with Gasteiger partial charge in [-0.3, -0.25) is 9.69 Å². The van der Waals surface area contributed by atoms with E-state index in [9.17, 15) is 4.79 Å². The molecular weight excluding hydrogens is 511 g/mol. The van der Waals surface area contributed by atoms with E-state index in [2.05, 4.69) is 40.2 Å². The minimum absolute atomic E-state index is 0.147. The van der Waals surface area contributed by atoms with Crippen molar-refractivity contribution in [1.29, 1.82) is 0 Å². The van der Waals surface area contributed by atoms with Crippen LogP contribution in [0.1, 0.15) is 30.4 Å². The van der Waals surface area contributed by atoms with Gasteiger partial charge in [0, 0.05) is 18.2 Å². The van der Waals surface area contributed by atoms with Gasteiger partial charge >= 0.3 is 0 Å². The molecule has 8 heteroatoms. The lowest BCUT2D eigenvalue weighted by Crippen LogP contribution is -2.55. The van der Waals surface area contributed by atoms with Crippen LogP contribution in [0.3, 0.4) is 0 Å². The largest absolute Gasteiger partial charge is 0.490 e. The average Bonchev–Trinajstić information content (AvgIpc) is 3.16. The third kappa shape index (κ3) is 4.19. The van der Waals surface area contributed by atoms with Gasteiger partial charge in [-0.2, -0.15) is 0 Å². The monoisotopic (exact) mass is 536 g/mol. The predicted octanol–water partition coefficient (Wildman–Crippen LogP) is 6.92. The molecule has 0 radical (unpaired) electrons. The zero-order valence-corrected chi connectivity index (χ0v) is 22.2. The molecule has 1 saturated carbocycles. The van der Waals surface area contributed by atoms with E-state index in [1.807, 2.05) is 12.1 Å². The van der Waals surface area contributed by atoms with E-state index < -0.39 is 11.4 Å². The Kier molecular flexibility index (Phi) is 6.24. The number of carbonyl (C=O) groups excluding carboxylic acids is 1. The molecule has 1 aliphatic heterocycles. The number of hydrogen-bond donors (Lipinski definition) is 0. The van der Waals surface area contributed by atoms with E-state index in [1.165, 1.54) is 22.5 Å². The van der Waals surface area contributed by atoms with Gasteiger partial charge in [0.2, 0.25) is 0 Å². The molecule has 1 spiro atoms. The molecule has 0 N–H and O–H groups in total. The second kappa shape index (κ2) is 9.75. The molecule has 1 amide bonds. The Bertz CT molecular complexity index is 1680. The van der Waals surface area contributed by atoms with Crippen LogP contribution in [0.5, 0.6) is 5.75 Å².